The van der Waals surface area contributed by atoms with Crippen LogP contribution in [0.3, 0.4) is 0 Å². The molecule has 4 atom stereocenters. The molecule has 2 aromatic carbocycles. The largest absolute Gasteiger partial charge is 0.493 e. The Hall–Kier alpha value is -2.64. The van der Waals surface area contributed by atoms with Crippen molar-refractivity contribution in [1.29, 1.82) is 0 Å². The molecule has 7 heteroatoms. The van der Waals surface area contributed by atoms with Gasteiger partial charge >= 0.3 is 0 Å². The highest BCUT2D eigenvalue weighted by atomic mass is 16.5. The Morgan fingerprint density at radius 3 is 1.60 bits per heavy atom. The second-order valence-electron chi connectivity index (χ2n) is 7.41. The summed E-state index contributed by atoms with van der Waals surface area (Å²) in [5.74, 6) is 3.68. The van der Waals surface area contributed by atoms with Crippen molar-refractivity contribution in [1.82, 2.24) is 0 Å². The molecule has 2 aliphatic heterocycles. The molecular weight excluding hydrogens is 388 g/mol. The summed E-state index contributed by atoms with van der Waals surface area (Å²) in [5, 5.41) is 0. The van der Waals surface area contributed by atoms with Crippen molar-refractivity contribution in [2.75, 3.05) is 48.8 Å². The van der Waals surface area contributed by atoms with Crippen LogP contribution >= 0.6 is 0 Å². The highest BCUT2D eigenvalue weighted by Crippen LogP contribution is 2.52. The number of hydrogen-bond acceptors (Lipinski definition) is 7. The van der Waals surface area contributed by atoms with Crippen LogP contribution in [-0.4, -0.2) is 48.8 Å². The summed E-state index contributed by atoms with van der Waals surface area (Å²) >= 11 is 0. The molecule has 0 unspecified atom stereocenters. The van der Waals surface area contributed by atoms with Gasteiger partial charge in [0.2, 0.25) is 5.75 Å². The average molecular weight is 416 g/mol. The minimum Gasteiger partial charge on any atom is -0.493 e. The SMILES string of the molecule is COc1ccc([C@H]2OC[C@@H]3[C@H]2CO[C@H]3c2cc(OC)c(OC)c(OC)c2)cc1OC. The second kappa shape index (κ2) is 8.62. The summed E-state index contributed by atoms with van der Waals surface area (Å²) in [6.45, 7) is 1.23. The summed E-state index contributed by atoms with van der Waals surface area (Å²) in [5.41, 5.74) is 2.06. The average Bonchev–Trinajstić information content (AvgIpc) is 3.39. The van der Waals surface area contributed by atoms with Crippen LogP contribution in [0.4, 0.5) is 0 Å². The number of rotatable bonds is 7. The van der Waals surface area contributed by atoms with Gasteiger partial charge in [-0.15, -0.1) is 0 Å². The number of fused-ring (bicyclic) bond motifs is 1. The normalized spacial score (nSPS) is 25.0. The molecule has 7 nitrogen and oxygen atoms in total. The molecule has 0 bridgehead atoms. The Morgan fingerprint density at radius 2 is 1.10 bits per heavy atom. The monoisotopic (exact) mass is 416 g/mol. The van der Waals surface area contributed by atoms with Crippen molar-refractivity contribution >= 4 is 0 Å². The molecule has 162 valence electrons. The molecule has 30 heavy (non-hydrogen) atoms. The van der Waals surface area contributed by atoms with Crippen LogP contribution in [-0.2, 0) is 9.47 Å². The first-order valence-corrected chi connectivity index (χ1v) is 9.90. The van der Waals surface area contributed by atoms with Crippen LogP contribution < -0.4 is 23.7 Å². The van der Waals surface area contributed by atoms with Gasteiger partial charge in [0.05, 0.1) is 61.0 Å². The first-order valence-electron chi connectivity index (χ1n) is 9.90. The number of benzene rings is 2. The van der Waals surface area contributed by atoms with Gasteiger partial charge in [-0.3, -0.25) is 0 Å². The summed E-state index contributed by atoms with van der Waals surface area (Å²) in [6, 6.07) is 9.84. The summed E-state index contributed by atoms with van der Waals surface area (Å²) in [6.07, 6.45) is -0.157. The lowest BCUT2D eigenvalue weighted by molar-refractivity contribution is 0.0191. The van der Waals surface area contributed by atoms with Crippen LogP contribution in [0.2, 0.25) is 0 Å². The van der Waals surface area contributed by atoms with Gasteiger partial charge in [-0.05, 0) is 35.4 Å². The van der Waals surface area contributed by atoms with Crippen LogP contribution in [0.25, 0.3) is 0 Å². The van der Waals surface area contributed by atoms with E-state index in [2.05, 4.69) is 0 Å². The Morgan fingerprint density at radius 1 is 0.600 bits per heavy atom. The summed E-state index contributed by atoms with van der Waals surface area (Å²) < 4.78 is 39.7. The summed E-state index contributed by atoms with van der Waals surface area (Å²) in [4.78, 5) is 0. The predicted octanol–water partition coefficient (Wildman–Crippen LogP) is 3.80. The standard InChI is InChI=1S/C23H28O7/c1-24-17-7-6-13(8-18(17)25-2)21-15-11-30-22(16(15)12-29-21)14-9-19(26-3)23(28-5)20(10-14)27-4/h6-10,15-16,21-22H,11-12H2,1-5H3/t15-,16-,21-,22+/m1/s1. The molecule has 0 aromatic heterocycles. The molecule has 0 amide bonds. The van der Waals surface area contributed by atoms with Gasteiger partial charge in [-0.25, -0.2) is 0 Å². The second-order valence-corrected chi connectivity index (χ2v) is 7.41. The van der Waals surface area contributed by atoms with E-state index in [-0.39, 0.29) is 24.0 Å². The molecule has 0 radical (unpaired) electrons. The zero-order chi connectivity index (χ0) is 21.3. The van der Waals surface area contributed by atoms with Crippen molar-refractivity contribution in [2.45, 2.75) is 12.2 Å². The first kappa shape index (κ1) is 20.6. The number of hydrogen-bond donors (Lipinski definition) is 0. The number of ether oxygens (including phenoxy) is 7. The molecule has 4 rings (SSSR count). The topological polar surface area (TPSA) is 64.6 Å². The van der Waals surface area contributed by atoms with Crippen molar-refractivity contribution in [3.05, 3.63) is 41.5 Å². The molecule has 2 aromatic rings. The van der Waals surface area contributed by atoms with Gasteiger partial charge in [-0.1, -0.05) is 6.07 Å². The quantitative estimate of drug-likeness (QED) is 0.680. The maximum Gasteiger partial charge on any atom is 0.203 e. The fourth-order valence-corrected chi connectivity index (χ4v) is 4.53. The molecule has 0 N–H and O–H groups in total. The van der Waals surface area contributed by atoms with E-state index >= 15 is 0 Å². The lowest BCUT2D eigenvalue weighted by atomic mass is 9.84. The van der Waals surface area contributed by atoms with Gasteiger partial charge in [0.1, 0.15) is 0 Å². The Bertz CT molecular complexity index is 872. The Labute approximate surface area is 176 Å². The van der Waals surface area contributed by atoms with Gasteiger partial charge < -0.3 is 33.2 Å². The minimum absolute atomic E-state index is 0.0538. The van der Waals surface area contributed by atoms with Gasteiger partial charge in [0, 0.05) is 11.8 Å². The third-order valence-electron chi connectivity index (χ3n) is 6.02. The van der Waals surface area contributed by atoms with E-state index < -0.39 is 0 Å². The summed E-state index contributed by atoms with van der Waals surface area (Å²) in [7, 11) is 8.10. The molecule has 2 fully saturated rings. The molecular formula is C23H28O7. The van der Waals surface area contributed by atoms with Gasteiger partial charge in [-0.2, -0.15) is 0 Å². The fourth-order valence-electron chi connectivity index (χ4n) is 4.53. The zero-order valence-corrected chi connectivity index (χ0v) is 18.0. The van der Waals surface area contributed by atoms with E-state index in [4.69, 9.17) is 33.2 Å². The van der Waals surface area contributed by atoms with Crippen LogP contribution in [0, 0.1) is 11.8 Å². The maximum absolute atomic E-state index is 6.24. The van der Waals surface area contributed by atoms with Crippen molar-refractivity contribution in [3.63, 3.8) is 0 Å². The molecule has 0 saturated carbocycles. The van der Waals surface area contributed by atoms with Crippen LogP contribution in [0.5, 0.6) is 28.7 Å². The van der Waals surface area contributed by atoms with Crippen LogP contribution in [0.1, 0.15) is 23.3 Å². The highest BCUT2D eigenvalue weighted by molar-refractivity contribution is 5.54. The van der Waals surface area contributed by atoms with E-state index in [1.165, 1.54) is 0 Å². The van der Waals surface area contributed by atoms with Crippen LogP contribution in [0.15, 0.2) is 30.3 Å². The predicted molar refractivity (Wildman–Crippen MR) is 110 cm³/mol. The van der Waals surface area contributed by atoms with E-state index in [1.807, 2.05) is 30.3 Å². The van der Waals surface area contributed by atoms with Crippen molar-refractivity contribution < 1.29 is 33.2 Å². The first-order chi connectivity index (χ1) is 14.6. The maximum atomic E-state index is 6.24. The Kier molecular flexibility index (Phi) is 5.92. The fraction of sp³-hybridized carbons (Fsp3) is 0.478. The smallest absolute Gasteiger partial charge is 0.203 e. The van der Waals surface area contributed by atoms with E-state index in [1.54, 1.807) is 35.5 Å². The lowest BCUT2D eigenvalue weighted by Crippen LogP contribution is -2.15. The molecule has 2 aliphatic rings. The molecule has 2 saturated heterocycles. The third-order valence-corrected chi connectivity index (χ3v) is 6.02. The van der Waals surface area contributed by atoms with E-state index in [0.29, 0.717) is 42.0 Å². The third kappa shape index (κ3) is 3.42. The minimum atomic E-state index is -0.103. The van der Waals surface area contributed by atoms with E-state index in [0.717, 1.165) is 11.1 Å². The number of methoxy groups -OCH3 is 5. The molecule has 0 aliphatic carbocycles. The van der Waals surface area contributed by atoms with Gasteiger partial charge in [0.25, 0.3) is 0 Å². The lowest BCUT2D eigenvalue weighted by Gasteiger charge is -2.20. The molecule has 0 spiro atoms. The van der Waals surface area contributed by atoms with Crippen molar-refractivity contribution in [3.8, 4) is 28.7 Å². The zero-order valence-electron chi connectivity index (χ0n) is 18.0. The van der Waals surface area contributed by atoms with Crippen molar-refractivity contribution in [2.24, 2.45) is 11.8 Å². The highest BCUT2D eigenvalue weighted by Gasteiger charge is 2.48. The van der Waals surface area contributed by atoms with E-state index in [9.17, 15) is 0 Å². The Balaban J connectivity index is 1.61. The van der Waals surface area contributed by atoms with Gasteiger partial charge in [0.15, 0.2) is 23.0 Å². The molecule has 2 heterocycles.